The molecule has 4 bridgehead atoms. The fourth-order valence-electron chi connectivity index (χ4n) is 4.86. The van der Waals surface area contributed by atoms with Crippen LogP contribution in [0.15, 0.2) is 0 Å². The Morgan fingerprint density at radius 2 is 1.65 bits per heavy atom. The molecule has 0 spiro atoms. The molecule has 4 aliphatic rings. The molecule has 0 aliphatic heterocycles. The highest BCUT2D eigenvalue weighted by atomic mass is 16.3. The molecule has 96 valence electrons. The first kappa shape index (κ1) is 11.5. The highest BCUT2D eigenvalue weighted by Gasteiger charge is 2.51. The standard InChI is InChI=1S/C14H23NO2/c16-3-1-2-13(17)15-14-7-10-4-11(8-14)6-12(5-10)9-14/h10-12,16H,1-9H2,(H,15,17). The number of hydrogen-bond donors (Lipinski definition) is 2. The number of carbonyl (C=O) groups is 1. The molecule has 0 radical (unpaired) electrons. The van der Waals surface area contributed by atoms with Crippen molar-refractivity contribution in [2.45, 2.75) is 56.9 Å². The molecule has 0 atom stereocenters. The average Bonchev–Trinajstić information content (AvgIpc) is 2.23. The summed E-state index contributed by atoms with van der Waals surface area (Å²) in [6, 6.07) is 0. The van der Waals surface area contributed by atoms with E-state index in [2.05, 4.69) is 5.32 Å². The lowest BCUT2D eigenvalue weighted by Gasteiger charge is -2.56. The molecule has 17 heavy (non-hydrogen) atoms. The molecule has 4 rings (SSSR count). The molecule has 3 heteroatoms. The largest absolute Gasteiger partial charge is 0.396 e. The van der Waals surface area contributed by atoms with Crippen molar-refractivity contribution < 1.29 is 9.90 Å². The third-order valence-electron chi connectivity index (χ3n) is 5.00. The van der Waals surface area contributed by atoms with Crippen LogP contribution in [0.2, 0.25) is 0 Å². The molecule has 4 saturated carbocycles. The van der Waals surface area contributed by atoms with Crippen molar-refractivity contribution in [1.82, 2.24) is 5.32 Å². The Labute approximate surface area is 103 Å². The van der Waals surface area contributed by atoms with Gasteiger partial charge in [-0.25, -0.2) is 0 Å². The Morgan fingerprint density at radius 3 is 2.12 bits per heavy atom. The number of nitrogens with one attached hydrogen (secondary N) is 1. The van der Waals surface area contributed by atoms with Gasteiger partial charge in [-0.05, 0) is 62.7 Å². The van der Waals surface area contributed by atoms with Crippen molar-refractivity contribution in [1.29, 1.82) is 0 Å². The minimum absolute atomic E-state index is 0.119. The first-order valence-corrected chi connectivity index (χ1v) is 7.11. The van der Waals surface area contributed by atoms with E-state index in [-0.39, 0.29) is 18.1 Å². The van der Waals surface area contributed by atoms with Crippen molar-refractivity contribution in [2.75, 3.05) is 6.61 Å². The highest BCUT2D eigenvalue weighted by Crippen LogP contribution is 2.55. The summed E-state index contributed by atoms with van der Waals surface area (Å²) in [5, 5.41) is 12.1. The topological polar surface area (TPSA) is 49.3 Å². The summed E-state index contributed by atoms with van der Waals surface area (Å²) in [7, 11) is 0. The van der Waals surface area contributed by atoms with Crippen LogP contribution in [0, 0.1) is 17.8 Å². The Kier molecular flexibility index (Phi) is 2.89. The number of rotatable bonds is 4. The SMILES string of the molecule is O=C(CCCO)NC12CC3CC(CC(C3)C1)C2. The van der Waals surface area contributed by atoms with Crippen LogP contribution in [0.4, 0.5) is 0 Å². The van der Waals surface area contributed by atoms with Crippen molar-refractivity contribution in [3.8, 4) is 0 Å². The molecule has 0 aromatic carbocycles. The second kappa shape index (κ2) is 4.27. The number of aliphatic hydroxyl groups excluding tert-OH is 1. The molecule has 3 nitrogen and oxygen atoms in total. The van der Waals surface area contributed by atoms with E-state index in [1.54, 1.807) is 0 Å². The lowest BCUT2D eigenvalue weighted by molar-refractivity contribution is -0.127. The van der Waals surface area contributed by atoms with Gasteiger partial charge >= 0.3 is 0 Å². The van der Waals surface area contributed by atoms with E-state index in [0.29, 0.717) is 12.8 Å². The van der Waals surface area contributed by atoms with Crippen molar-refractivity contribution in [2.24, 2.45) is 17.8 Å². The van der Waals surface area contributed by atoms with Crippen molar-refractivity contribution >= 4 is 5.91 Å². The van der Waals surface area contributed by atoms with Gasteiger partial charge in [-0.15, -0.1) is 0 Å². The lowest BCUT2D eigenvalue weighted by atomic mass is 9.53. The number of amides is 1. The average molecular weight is 237 g/mol. The molecule has 0 saturated heterocycles. The molecular weight excluding hydrogens is 214 g/mol. The number of hydrogen-bond acceptors (Lipinski definition) is 2. The van der Waals surface area contributed by atoms with Crippen molar-refractivity contribution in [3.05, 3.63) is 0 Å². The zero-order valence-electron chi connectivity index (χ0n) is 10.5. The monoisotopic (exact) mass is 237 g/mol. The molecule has 1 amide bonds. The van der Waals surface area contributed by atoms with Gasteiger partial charge in [-0.2, -0.15) is 0 Å². The molecule has 4 aliphatic carbocycles. The molecule has 4 fully saturated rings. The molecule has 0 heterocycles. The van der Waals surface area contributed by atoms with E-state index in [1.165, 1.54) is 38.5 Å². The fourth-order valence-corrected chi connectivity index (χ4v) is 4.86. The van der Waals surface area contributed by atoms with E-state index < -0.39 is 0 Å². The highest BCUT2D eigenvalue weighted by molar-refractivity contribution is 5.76. The second-order valence-electron chi connectivity index (χ2n) is 6.57. The van der Waals surface area contributed by atoms with Crippen LogP contribution in [0.3, 0.4) is 0 Å². The van der Waals surface area contributed by atoms with Crippen LogP contribution in [0.1, 0.15) is 51.4 Å². The molecule has 2 N–H and O–H groups in total. The zero-order valence-corrected chi connectivity index (χ0v) is 10.5. The summed E-state index contributed by atoms with van der Waals surface area (Å²) in [6.45, 7) is 0.119. The zero-order chi connectivity index (χ0) is 11.9. The molecular formula is C14H23NO2. The minimum Gasteiger partial charge on any atom is -0.396 e. The van der Waals surface area contributed by atoms with Gasteiger partial charge in [-0.1, -0.05) is 0 Å². The van der Waals surface area contributed by atoms with Crippen LogP contribution >= 0.6 is 0 Å². The van der Waals surface area contributed by atoms with Gasteiger partial charge in [0.2, 0.25) is 5.91 Å². The van der Waals surface area contributed by atoms with Gasteiger partial charge in [0, 0.05) is 18.6 Å². The summed E-state index contributed by atoms with van der Waals surface area (Å²) in [5.41, 5.74) is 0.140. The summed E-state index contributed by atoms with van der Waals surface area (Å²) >= 11 is 0. The Bertz CT molecular complexity index is 278. The van der Waals surface area contributed by atoms with Crippen LogP contribution in [-0.2, 0) is 4.79 Å². The van der Waals surface area contributed by atoms with E-state index in [9.17, 15) is 4.79 Å². The van der Waals surface area contributed by atoms with Gasteiger partial charge in [0.1, 0.15) is 0 Å². The van der Waals surface area contributed by atoms with Crippen molar-refractivity contribution in [3.63, 3.8) is 0 Å². The van der Waals surface area contributed by atoms with E-state index in [4.69, 9.17) is 5.11 Å². The van der Waals surface area contributed by atoms with Gasteiger partial charge in [0.05, 0.1) is 0 Å². The first-order valence-electron chi connectivity index (χ1n) is 7.11. The smallest absolute Gasteiger partial charge is 0.220 e. The number of aliphatic hydroxyl groups is 1. The van der Waals surface area contributed by atoms with E-state index >= 15 is 0 Å². The summed E-state index contributed by atoms with van der Waals surface area (Å²) < 4.78 is 0. The summed E-state index contributed by atoms with van der Waals surface area (Å²) in [4.78, 5) is 11.9. The third-order valence-corrected chi connectivity index (χ3v) is 5.00. The van der Waals surface area contributed by atoms with Gasteiger partial charge in [0.15, 0.2) is 0 Å². The maximum Gasteiger partial charge on any atom is 0.220 e. The van der Waals surface area contributed by atoms with Crippen LogP contribution in [0.5, 0.6) is 0 Å². The quantitative estimate of drug-likeness (QED) is 0.784. The Morgan fingerprint density at radius 1 is 1.12 bits per heavy atom. The maximum absolute atomic E-state index is 11.9. The van der Waals surface area contributed by atoms with Gasteiger partial charge < -0.3 is 10.4 Å². The number of carbonyl (C=O) groups excluding carboxylic acids is 1. The molecule has 0 aromatic heterocycles. The predicted octanol–water partition coefficient (Wildman–Crippen LogP) is 1.84. The summed E-state index contributed by atoms with van der Waals surface area (Å²) in [6.07, 6.45) is 8.94. The summed E-state index contributed by atoms with van der Waals surface area (Å²) in [5.74, 6) is 2.78. The second-order valence-corrected chi connectivity index (χ2v) is 6.57. The molecule has 0 unspecified atom stereocenters. The Hall–Kier alpha value is -0.570. The maximum atomic E-state index is 11.9. The third kappa shape index (κ3) is 2.22. The lowest BCUT2D eigenvalue weighted by Crippen LogP contribution is -2.59. The molecule has 0 aromatic rings. The predicted molar refractivity (Wildman–Crippen MR) is 65.4 cm³/mol. The van der Waals surface area contributed by atoms with Gasteiger partial charge in [0.25, 0.3) is 0 Å². The normalized spacial score (nSPS) is 42.8. The first-order chi connectivity index (χ1) is 8.19. The van der Waals surface area contributed by atoms with Crippen LogP contribution in [0.25, 0.3) is 0 Å². The van der Waals surface area contributed by atoms with E-state index in [1.807, 2.05) is 0 Å². The minimum atomic E-state index is 0.119. The Balaban J connectivity index is 1.64. The van der Waals surface area contributed by atoms with Crippen LogP contribution in [-0.4, -0.2) is 23.2 Å². The van der Waals surface area contributed by atoms with Gasteiger partial charge in [-0.3, -0.25) is 4.79 Å². The van der Waals surface area contributed by atoms with E-state index in [0.717, 1.165) is 17.8 Å². The fraction of sp³-hybridized carbons (Fsp3) is 0.929. The van der Waals surface area contributed by atoms with Crippen LogP contribution < -0.4 is 5.32 Å².